The molecule has 118 valence electrons. The summed E-state index contributed by atoms with van der Waals surface area (Å²) < 4.78 is 1.31. The number of fused-ring (bicyclic) bond motifs is 1. The molecule has 0 atom stereocenters. The van der Waals surface area contributed by atoms with E-state index >= 15 is 0 Å². The van der Waals surface area contributed by atoms with Crippen LogP contribution in [0.5, 0.6) is 0 Å². The summed E-state index contributed by atoms with van der Waals surface area (Å²) in [5.74, 6) is -1.48. The molecule has 0 bridgehead atoms. The lowest BCUT2D eigenvalue weighted by Crippen LogP contribution is -2.36. The molecule has 0 saturated carbocycles. The standard InChI is InChI=1S/C17H16N2O4/c1-17(2)7-13-11(14(20)8-17)6-12(16(22)23)15(21)19(13)10-4-3-5-18-9-10/h3-6,9H,7-8H2,1-2H3,(H,22,23). The third kappa shape index (κ3) is 2.56. The highest BCUT2D eigenvalue weighted by Crippen LogP contribution is 2.35. The molecule has 0 unspecified atom stereocenters. The predicted octanol–water partition coefficient (Wildman–Crippen LogP) is 2.09. The first-order valence-electron chi connectivity index (χ1n) is 7.26. The quantitative estimate of drug-likeness (QED) is 0.917. The Bertz CT molecular complexity index is 866. The molecule has 0 saturated heterocycles. The van der Waals surface area contributed by atoms with Gasteiger partial charge in [0.15, 0.2) is 5.78 Å². The van der Waals surface area contributed by atoms with Crippen molar-refractivity contribution in [3.63, 3.8) is 0 Å². The fraction of sp³-hybridized carbons (Fsp3) is 0.294. The van der Waals surface area contributed by atoms with Crippen LogP contribution in [-0.2, 0) is 6.42 Å². The molecule has 1 aliphatic carbocycles. The van der Waals surface area contributed by atoms with Gasteiger partial charge in [-0.1, -0.05) is 13.8 Å². The fourth-order valence-corrected chi connectivity index (χ4v) is 3.03. The number of hydrogen-bond donors (Lipinski definition) is 1. The SMILES string of the molecule is CC1(C)CC(=O)c2cc(C(=O)O)c(=O)n(-c3cccnc3)c2C1. The van der Waals surface area contributed by atoms with Gasteiger partial charge in [0.1, 0.15) is 5.56 Å². The van der Waals surface area contributed by atoms with Gasteiger partial charge in [-0.2, -0.15) is 0 Å². The van der Waals surface area contributed by atoms with Crippen LogP contribution in [0.1, 0.15) is 46.7 Å². The molecule has 6 nitrogen and oxygen atoms in total. The second-order valence-corrected chi connectivity index (χ2v) is 6.52. The Hall–Kier alpha value is -2.76. The number of hydrogen-bond acceptors (Lipinski definition) is 4. The van der Waals surface area contributed by atoms with Crippen molar-refractivity contribution in [2.24, 2.45) is 5.41 Å². The molecule has 1 aliphatic rings. The highest BCUT2D eigenvalue weighted by atomic mass is 16.4. The van der Waals surface area contributed by atoms with Crippen molar-refractivity contribution in [2.45, 2.75) is 26.7 Å². The minimum Gasteiger partial charge on any atom is -0.477 e. The monoisotopic (exact) mass is 312 g/mol. The van der Waals surface area contributed by atoms with E-state index in [1.54, 1.807) is 18.3 Å². The second kappa shape index (κ2) is 5.15. The first-order chi connectivity index (χ1) is 10.8. The van der Waals surface area contributed by atoms with Gasteiger partial charge in [-0.25, -0.2) is 4.79 Å². The van der Waals surface area contributed by atoms with Crippen LogP contribution in [0.4, 0.5) is 0 Å². The van der Waals surface area contributed by atoms with Crippen molar-refractivity contribution in [3.8, 4) is 5.69 Å². The Morgan fingerprint density at radius 1 is 1.30 bits per heavy atom. The van der Waals surface area contributed by atoms with Crippen molar-refractivity contribution in [1.82, 2.24) is 9.55 Å². The van der Waals surface area contributed by atoms with E-state index in [9.17, 15) is 19.5 Å². The number of nitrogens with zero attached hydrogens (tertiary/aromatic N) is 2. The van der Waals surface area contributed by atoms with Gasteiger partial charge in [-0.3, -0.25) is 19.1 Å². The molecular weight excluding hydrogens is 296 g/mol. The normalized spacial score (nSPS) is 16.0. The maximum Gasteiger partial charge on any atom is 0.341 e. The fourth-order valence-electron chi connectivity index (χ4n) is 3.03. The Morgan fingerprint density at radius 2 is 2.04 bits per heavy atom. The van der Waals surface area contributed by atoms with Crippen LogP contribution in [0.3, 0.4) is 0 Å². The zero-order valence-corrected chi connectivity index (χ0v) is 12.9. The lowest BCUT2D eigenvalue weighted by atomic mass is 9.75. The van der Waals surface area contributed by atoms with Gasteiger partial charge in [0.05, 0.1) is 11.9 Å². The van der Waals surface area contributed by atoms with Gasteiger partial charge < -0.3 is 5.11 Å². The van der Waals surface area contributed by atoms with Crippen LogP contribution in [0.25, 0.3) is 5.69 Å². The number of carboxylic acid groups (broad SMARTS) is 1. The number of rotatable bonds is 2. The molecule has 2 aromatic rings. The number of ketones is 1. The van der Waals surface area contributed by atoms with E-state index in [4.69, 9.17) is 0 Å². The minimum absolute atomic E-state index is 0.142. The molecule has 0 aromatic carbocycles. The van der Waals surface area contributed by atoms with E-state index in [0.29, 0.717) is 29.8 Å². The third-order valence-corrected chi connectivity index (χ3v) is 4.02. The highest BCUT2D eigenvalue weighted by Gasteiger charge is 2.34. The molecule has 0 radical (unpaired) electrons. The molecule has 1 N–H and O–H groups in total. The van der Waals surface area contributed by atoms with E-state index < -0.39 is 17.1 Å². The van der Waals surface area contributed by atoms with E-state index in [1.165, 1.54) is 16.8 Å². The average Bonchev–Trinajstić information content (AvgIpc) is 2.46. The van der Waals surface area contributed by atoms with E-state index in [1.807, 2.05) is 13.8 Å². The number of Topliss-reactive ketones (excluding diaryl/α,β-unsaturated/α-hetero) is 1. The Morgan fingerprint density at radius 3 is 2.65 bits per heavy atom. The molecular formula is C17H16N2O4. The summed E-state index contributed by atoms with van der Waals surface area (Å²) in [5, 5.41) is 9.29. The first kappa shape index (κ1) is 15.1. The van der Waals surface area contributed by atoms with E-state index in [-0.39, 0.29) is 11.2 Å². The minimum atomic E-state index is -1.34. The predicted molar refractivity (Wildman–Crippen MR) is 83.2 cm³/mol. The van der Waals surface area contributed by atoms with Crippen LogP contribution in [0.2, 0.25) is 0 Å². The zero-order valence-electron chi connectivity index (χ0n) is 12.9. The number of aromatic nitrogens is 2. The molecule has 6 heteroatoms. The summed E-state index contributed by atoms with van der Waals surface area (Å²) >= 11 is 0. The molecule has 0 aliphatic heterocycles. The molecule has 23 heavy (non-hydrogen) atoms. The Balaban J connectivity index is 2.40. The summed E-state index contributed by atoms with van der Waals surface area (Å²) in [7, 11) is 0. The van der Waals surface area contributed by atoms with Gasteiger partial charge in [-0.15, -0.1) is 0 Å². The maximum atomic E-state index is 12.6. The zero-order chi connectivity index (χ0) is 16.8. The Labute approximate surface area is 132 Å². The summed E-state index contributed by atoms with van der Waals surface area (Å²) in [6.45, 7) is 3.91. The van der Waals surface area contributed by atoms with Crippen molar-refractivity contribution < 1.29 is 14.7 Å². The van der Waals surface area contributed by atoms with E-state index in [0.717, 1.165) is 0 Å². The van der Waals surface area contributed by atoms with Crippen LogP contribution in [0, 0.1) is 5.41 Å². The van der Waals surface area contributed by atoms with Crippen molar-refractivity contribution in [1.29, 1.82) is 0 Å². The number of carbonyl (C=O) groups is 2. The van der Waals surface area contributed by atoms with Gasteiger partial charge >= 0.3 is 5.97 Å². The molecule has 3 rings (SSSR count). The molecule has 0 fully saturated rings. The molecule has 0 amide bonds. The largest absolute Gasteiger partial charge is 0.477 e. The van der Waals surface area contributed by atoms with E-state index in [2.05, 4.69) is 4.98 Å². The topological polar surface area (TPSA) is 89.3 Å². The Kier molecular flexibility index (Phi) is 3.39. The lowest BCUT2D eigenvalue weighted by molar-refractivity contribution is 0.0694. The number of carboxylic acids is 1. The average molecular weight is 312 g/mol. The summed E-state index contributed by atoms with van der Waals surface area (Å²) in [5.41, 5.74) is -0.0113. The lowest BCUT2D eigenvalue weighted by Gasteiger charge is -2.32. The smallest absolute Gasteiger partial charge is 0.341 e. The van der Waals surface area contributed by atoms with Crippen LogP contribution in [-0.4, -0.2) is 26.4 Å². The highest BCUT2D eigenvalue weighted by molar-refractivity contribution is 6.01. The van der Waals surface area contributed by atoms with Gasteiger partial charge in [0, 0.05) is 23.9 Å². The number of carbonyl (C=O) groups excluding carboxylic acids is 1. The summed E-state index contributed by atoms with van der Waals surface area (Å²) in [6.07, 6.45) is 3.89. The third-order valence-electron chi connectivity index (χ3n) is 4.02. The number of aromatic carboxylic acids is 1. The summed E-state index contributed by atoms with van der Waals surface area (Å²) in [4.78, 5) is 40.5. The van der Waals surface area contributed by atoms with Gasteiger partial charge in [0.25, 0.3) is 5.56 Å². The van der Waals surface area contributed by atoms with Crippen LogP contribution < -0.4 is 5.56 Å². The number of pyridine rings is 2. The summed E-state index contributed by atoms with van der Waals surface area (Å²) in [6, 6.07) is 4.55. The van der Waals surface area contributed by atoms with Crippen molar-refractivity contribution >= 4 is 11.8 Å². The van der Waals surface area contributed by atoms with Gasteiger partial charge in [0.2, 0.25) is 0 Å². The molecule has 2 heterocycles. The molecule has 0 spiro atoms. The van der Waals surface area contributed by atoms with Crippen LogP contribution in [0.15, 0.2) is 35.4 Å². The molecule has 2 aromatic heterocycles. The van der Waals surface area contributed by atoms with Crippen molar-refractivity contribution in [2.75, 3.05) is 0 Å². The first-order valence-corrected chi connectivity index (χ1v) is 7.26. The van der Waals surface area contributed by atoms with Crippen molar-refractivity contribution in [3.05, 3.63) is 57.8 Å². The van der Waals surface area contributed by atoms with Gasteiger partial charge in [-0.05, 0) is 30.0 Å². The van der Waals surface area contributed by atoms with Crippen LogP contribution >= 0.6 is 0 Å². The maximum absolute atomic E-state index is 12.6. The second-order valence-electron chi connectivity index (χ2n) is 6.52.